The average Bonchev–Trinajstić information content (AvgIpc) is 3.25. The number of hydrogen-bond acceptors (Lipinski definition) is 4. The molecule has 2 N–H and O–H groups in total. The summed E-state index contributed by atoms with van der Waals surface area (Å²) in [4.78, 5) is 26.0. The molecule has 146 valence electrons. The Morgan fingerprint density at radius 1 is 1.04 bits per heavy atom. The van der Waals surface area contributed by atoms with E-state index < -0.39 is 29.2 Å². The summed E-state index contributed by atoms with van der Waals surface area (Å²) in [6.07, 6.45) is -3.45. The number of halogens is 3. The maximum absolute atomic E-state index is 13.5. The highest BCUT2D eigenvalue weighted by atomic mass is 32.1. The van der Waals surface area contributed by atoms with Crippen LogP contribution in [0.2, 0.25) is 0 Å². The lowest BCUT2D eigenvalue weighted by molar-refractivity contribution is -0.136. The number of thiophene rings is 1. The molecule has 0 spiro atoms. The maximum Gasteiger partial charge on any atom is 0.418 e. The van der Waals surface area contributed by atoms with Gasteiger partial charge in [0.25, 0.3) is 11.8 Å². The summed E-state index contributed by atoms with van der Waals surface area (Å²) >= 11 is 1.39. The molecule has 3 aromatic rings. The molecular formula is C19H15F3N2O3S. The summed E-state index contributed by atoms with van der Waals surface area (Å²) in [6, 6.07) is 7.65. The minimum atomic E-state index is -4.73. The first-order valence-corrected chi connectivity index (χ1v) is 8.91. The second-order valence-electron chi connectivity index (χ2n) is 5.97. The van der Waals surface area contributed by atoms with Crippen LogP contribution in [-0.2, 0) is 6.18 Å². The fraction of sp³-hybridized carbons (Fsp3) is 0.158. The van der Waals surface area contributed by atoms with E-state index >= 15 is 0 Å². The SMILES string of the molecule is Cc1cc(C(=O)Nc2ccc(NC(=O)c3ccco3)cc2C(F)(F)F)c(C)s1. The van der Waals surface area contributed by atoms with Gasteiger partial charge in [-0.3, -0.25) is 9.59 Å². The van der Waals surface area contributed by atoms with Crippen molar-refractivity contribution in [3.63, 3.8) is 0 Å². The van der Waals surface area contributed by atoms with Crippen LogP contribution in [0.1, 0.15) is 36.2 Å². The number of amides is 2. The van der Waals surface area contributed by atoms with Crippen LogP contribution in [0.5, 0.6) is 0 Å². The Balaban J connectivity index is 1.88. The largest absolute Gasteiger partial charge is 0.459 e. The third-order valence-corrected chi connectivity index (χ3v) is 4.83. The van der Waals surface area contributed by atoms with E-state index in [-0.39, 0.29) is 11.4 Å². The third-order valence-electron chi connectivity index (χ3n) is 3.86. The number of furan rings is 1. The highest BCUT2D eigenvalue weighted by molar-refractivity contribution is 7.12. The molecule has 2 heterocycles. The number of carbonyl (C=O) groups excluding carboxylic acids is 2. The Morgan fingerprint density at radius 3 is 2.36 bits per heavy atom. The van der Waals surface area contributed by atoms with E-state index in [9.17, 15) is 22.8 Å². The molecule has 28 heavy (non-hydrogen) atoms. The standard InChI is InChI=1S/C19H15F3N2O3S/c1-10-8-13(11(2)28-10)17(25)24-15-6-5-12(9-14(15)19(20,21)22)23-18(26)16-4-3-7-27-16/h3-9H,1-2H3,(H,23,26)(H,24,25). The molecule has 0 aliphatic carbocycles. The Labute approximate surface area is 162 Å². The first-order chi connectivity index (χ1) is 13.1. The fourth-order valence-corrected chi connectivity index (χ4v) is 3.53. The summed E-state index contributed by atoms with van der Waals surface area (Å²) < 4.78 is 45.4. The molecule has 3 rings (SSSR count). The zero-order valence-corrected chi connectivity index (χ0v) is 15.6. The van der Waals surface area contributed by atoms with Crippen molar-refractivity contribution in [3.8, 4) is 0 Å². The first-order valence-electron chi connectivity index (χ1n) is 8.09. The minimum Gasteiger partial charge on any atom is -0.459 e. The molecular weight excluding hydrogens is 393 g/mol. The van der Waals surface area contributed by atoms with Crippen molar-refractivity contribution in [1.82, 2.24) is 0 Å². The fourth-order valence-electron chi connectivity index (χ4n) is 2.61. The number of anilines is 2. The zero-order chi connectivity index (χ0) is 20.5. The predicted molar refractivity (Wildman–Crippen MR) is 99.9 cm³/mol. The van der Waals surface area contributed by atoms with Gasteiger partial charge in [-0.25, -0.2) is 0 Å². The third kappa shape index (κ3) is 4.25. The maximum atomic E-state index is 13.5. The zero-order valence-electron chi connectivity index (χ0n) is 14.8. The molecule has 2 aromatic heterocycles. The minimum absolute atomic E-state index is 0.0331. The van der Waals surface area contributed by atoms with Gasteiger partial charge in [0, 0.05) is 15.4 Å². The lowest BCUT2D eigenvalue weighted by atomic mass is 10.1. The van der Waals surface area contributed by atoms with Crippen LogP contribution in [0.3, 0.4) is 0 Å². The molecule has 0 aliphatic heterocycles. The summed E-state index contributed by atoms with van der Waals surface area (Å²) in [6.45, 7) is 3.54. The molecule has 2 amide bonds. The van der Waals surface area contributed by atoms with Crippen LogP contribution in [-0.4, -0.2) is 11.8 Å². The van der Waals surface area contributed by atoms with Crippen molar-refractivity contribution in [2.24, 2.45) is 0 Å². The van der Waals surface area contributed by atoms with Gasteiger partial charge >= 0.3 is 6.18 Å². The van der Waals surface area contributed by atoms with Gasteiger partial charge in [-0.2, -0.15) is 13.2 Å². The number of nitrogens with one attached hydrogen (secondary N) is 2. The van der Waals surface area contributed by atoms with E-state index in [0.717, 1.165) is 17.0 Å². The second-order valence-corrected chi connectivity index (χ2v) is 7.43. The van der Waals surface area contributed by atoms with E-state index in [4.69, 9.17) is 4.42 Å². The van der Waals surface area contributed by atoms with Crippen molar-refractivity contribution in [3.05, 3.63) is 69.3 Å². The normalized spacial score (nSPS) is 11.3. The van der Waals surface area contributed by atoms with Gasteiger partial charge in [-0.05, 0) is 50.2 Å². The van der Waals surface area contributed by atoms with Crippen LogP contribution >= 0.6 is 11.3 Å². The van der Waals surface area contributed by atoms with Crippen molar-refractivity contribution in [2.45, 2.75) is 20.0 Å². The number of hydrogen-bond donors (Lipinski definition) is 2. The molecule has 0 saturated heterocycles. The average molecular weight is 408 g/mol. The van der Waals surface area contributed by atoms with Crippen LogP contribution in [0, 0.1) is 13.8 Å². The van der Waals surface area contributed by atoms with Crippen molar-refractivity contribution < 1.29 is 27.2 Å². The molecule has 9 heteroatoms. The molecule has 0 atom stereocenters. The molecule has 1 aromatic carbocycles. The quantitative estimate of drug-likeness (QED) is 0.600. The summed E-state index contributed by atoms with van der Waals surface area (Å²) in [5.74, 6) is -1.34. The molecule has 0 aliphatic rings. The Kier molecular flexibility index (Phi) is 5.28. The van der Waals surface area contributed by atoms with Gasteiger partial charge < -0.3 is 15.1 Å². The lowest BCUT2D eigenvalue weighted by Crippen LogP contribution is -2.18. The first kappa shape index (κ1) is 19.7. The Bertz CT molecular complexity index is 1020. The van der Waals surface area contributed by atoms with Crippen molar-refractivity contribution in [2.75, 3.05) is 10.6 Å². The topological polar surface area (TPSA) is 71.3 Å². The van der Waals surface area contributed by atoms with Gasteiger partial charge in [0.15, 0.2) is 5.76 Å². The van der Waals surface area contributed by atoms with Gasteiger partial charge in [-0.15, -0.1) is 11.3 Å². The van der Waals surface area contributed by atoms with Crippen LogP contribution < -0.4 is 10.6 Å². The van der Waals surface area contributed by atoms with E-state index in [1.807, 2.05) is 6.92 Å². The predicted octanol–water partition coefficient (Wildman–Crippen LogP) is 5.48. The van der Waals surface area contributed by atoms with E-state index in [2.05, 4.69) is 10.6 Å². The highest BCUT2D eigenvalue weighted by Gasteiger charge is 2.34. The molecule has 0 saturated carbocycles. The van der Waals surface area contributed by atoms with Gasteiger partial charge in [0.05, 0.1) is 23.1 Å². The molecule has 5 nitrogen and oxygen atoms in total. The Hall–Kier alpha value is -3.07. The van der Waals surface area contributed by atoms with Crippen molar-refractivity contribution in [1.29, 1.82) is 0 Å². The lowest BCUT2D eigenvalue weighted by Gasteiger charge is -2.15. The summed E-state index contributed by atoms with van der Waals surface area (Å²) in [7, 11) is 0. The molecule has 0 radical (unpaired) electrons. The second kappa shape index (κ2) is 7.51. The molecule has 0 unspecified atom stereocenters. The van der Waals surface area contributed by atoms with E-state index in [1.165, 1.54) is 35.8 Å². The monoisotopic (exact) mass is 408 g/mol. The van der Waals surface area contributed by atoms with Crippen LogP contribution in [0.4, 0.5) is 24.5 Å². The molecule has 0 bridgehead atoms. The Morgan fingerprint density at radius 2 is 1.79 bits per heavy atom. The van der Waals surface area contributed by atoms with E-state index in [1.54, 1.807) is 13.0 Å². The number of carbonyl (C=O) groups is 2. The van der Waals surface area contributed by atoms with Crippen LogP contribution in [0.15, 0.2) is 47.1 Å². The summed E-state index contributed by atoms with van der Waals surface area (Å²) in [5.41, 5.74) is -1.21. The highest BCUT2D eigenvalue weighted by Crippen LogP contribution is 2.37. The van der Waals surface area contributed by atoms with Crippen LogP contribution in [0.25, 0.3) is 0 Å². The number of rotatable bonds is 4. The van der Waals surface area contributed by atoms with Crippen molar-refractivity contribution >= 4 is 34.5 Å². The smallest absolute Gasteiger partial charge is 0.418 e. The summed E-state index contributed by atoms with van der Waals surface area (Å²) in [5, 5.41) is 4.65. The number of benzene rings is 1. The number of aryl methyl sites for hydroxylation is 2. The van der Waals surface area contributed by atoms with Gasteiger partial charge in [0.2, 0.25) is 0 Å². The van der Waals surface area contributed by atoms with Gasteiger partial charge in [-0.1, -0.05) is 0 Å². The number of alkyl halides is 3. The van der Waals surface area contributed by atoms with E-state index in [0.29, 0.717) is 10.4 Å². The molecule has 0 fully saturated rings. The van der Waals surface area contributed by atoms with Gasteiger partial charge in [0.1, 0.15) is 0 Å².